The van der Waals surface area contributed by atoms with Gasteiger partial charge in [-0.05, 0) is 36.1 Å². The second-order valence-corrected chi connectivity index (χ2v) is 8.23. The van der Waals surface area contributed by atoms with Crippen molar-refractivity contribution in [3.05, 3.63) is 102 Å². The molecule has 0 atom stereocenters. The third-order valence-corrected chi connectivity index (χ3v) is 6.03. The second-order valence-electron chi connectivity index (χ2n) is 8.23. The molecule has 1 aliphatic heterocycles. The Morgan fingerprint density at radius 3 is 2.25 bits per heavy atom. The number of amides is 1. The highest BCUT2D eigenvalue weighted by atomic mass is 16.1. The summed E-state index contributed by atoms with van der Waals surface area (Å²) in [4.78, 5) is 13.4. The topological polar surface area (TPSA) is 59.8 Å². The molecule has 0 unspecified atom stereocenters. The maximum atomic E-state index is 13.4. The van der Waals surface area contributed by atoms with Crippen molar-refractivity contribution in [1.82, 2.24) is 14.8 Å². The van der Waals surface area contributed by atoms with Crippen molar-refractivity contribution in [2.45, 2.75) is 38.1 Å². The Morgan fingerprint density at radius 1 is 0.812 bits per heavy atom. The summed E-state index contributed by atoms with van der Waals surface area (Å²) in [6, 6.07) is 27.7. The lowest BCUT2D eigenvalue weighted by atomic mass is 9.90. The molecule has 0 bridgehead atoms. The zero-order valence-corrected chi connectivity index (χ0v) is 17.9. The maximum Gasteiger partial charge on any atom is 0.236 e. The summed E-state index contributed by atoms with van der Waals surface area (Å²) in [6.45, 7) is 0.943. The number of benzene rings is 3. The van der Waals surface area contributed by atoms with Crippen LogP contribution in [0.5, 0.6) is 0 Å². The molecule has 0 aliphatic carbocycles. The van der Waals surface area contributed by atoms with Crippen LogP contribution in [0.25, 0.3) is 11.4 Å². The summed E-state index contributed by atoms with van der Waals surface area (Å²) < 4.78 is 2.23. The van der Waals surface area contributed by atoms with Crippen LogP contribution in [0, 0.1) is 0 Å². The van der Waals surface area contributed by atoms with E-state index in [0.717, 1.165) is 59.8 Å². The Kier molecular flexibility index (Phi) is 5.79. The zero-order valence-electron chi connectivity index (χ0n) is 17.9. The van der Waals surface area contributed by atoms with E-state index in [-0.39, 0.29) is 11.8 Å². The van der Waals surface area contributed by atoms with E-state index in [1.54, 1.807) is 0 Å². The summed E-state index contributed by atoms with van der Waals surface area (Å²) >= 11 is 0. The molecule has 32 heavy (non-hydrogen) atoms. The van der Waals surface area contributed by atoms with Gasteiger partial charge in [-0.2, -0.15) is 0 Å². The molecule has 2 heterocycles. The summed E-state index contributed by atoms with van der Waals surface area (Å²) in [7, 11) is 0. The van der Waals surface area contributed by atoms with Gasteiger partial charge in [0.1, 0.15) is 5.82 Å². The van der Waals surface area contributed by atoms with E-state index in [1.807, 2.05) is 84.9 Å². The molecule has 0 radical (unpaired) electrons. The molecule has 0 saturated heterocycles. The predicted molar refractivity (Wildman–Crippen MR) is 126 cm³/mol. The van der Waals surface area contributed by atoms with Crippen LogP contribution in [0.15, 0.2) is 84.9 Å². The molecule has 0 saturated carbocycles. The van der Waals surface area contributed by atoms with Gasteiger partial charge in [-0.15, -0.1) is 10.2 Å². The molecule has 1 aliphatic rings. The second kappa shape index (κ2) is 9.18. The van der Waals surface area contributed by atoms with E-state index in [2.05, 4.69) is 20.1 Å². The third kappa shape index (κ3) is 4.19. The molecule has 160 valence electrons. The van der Waals surface area contributed by atoms with E-state index in [9.17, 15) is 4.79 Å². The SMILES string of the molecule is O=C(Nc1cccc(-c2nnc3n2CCCCC3)c1)C(c1ccccc1)c1ccccc1. The molecule has 4 aromatic rings. The molecule has 0 fully saturated rings. The Bertz CT molecular complexity index is 1160. The highest BCUT2D eigenvalue weighted by molar-refractivity contribution is 5.98. The minimum atomic E-state index is -0.384. The summed E-state index contributed by atoms with van der Waals surface area (Å²) in [5, 5.41) is 12.0. The Morgan fingerprint density at radius 2 is 1.53 bits per heavy atom. The van der Waals surface area contributed by atoms with Gasteiger partial charge in [0.05, 0.1) is 5.92 Å². The molecular formula is C27H26N4O. The van der Waals surface area contributed by atoms with Crippen LogP contribution < -0.4 is 5.32 Å². The van der Waals surface area contributed by atoms with Gasteiger partial charge in [0, 0.05) is 24.2 Å². The number of aryl methyl sites for hydroxylation is 1. The number of carbonyl (C=O) groups is 1. The number of nitrogens with zero attached hydrogens (tertiary/aromatic N) is 3. The van der Waals surface area contributed by atoms with Gasteiger partial charge in [0.25, 0.3) is 0 Å². The maximum absolute atomic E-state index is 13.4. The van der Waals surface area contributed by atoms with Crippen molar-refractivity contribution in [3.8, 4) is 11.4 Å². The fraction of sp³-hybridized carbons (Fsp3) is 0.222. The zero-order chi connectivity index (χ0) is 21.8. The van der Waals surface area contributed by atoms with Gasteiger partial charge in [-0.3, -0.25) is 4.79 Å². The molecule has 5 rings (SSSR count). The average Bonchev–Trinajstić information content (AvgIpc) is 3.09. The number of rotatable bonds is 5. The number of hydrogen-bond acceptors (Lipinski definition) is 3. The van der Waals surface area contributed by atoms with Gasteiger partial charge < -0.3 is 9.88 Å². The van der Waals surface area contributed by atoms with Crippen LogP contribution in [0.2, 0.25) is 0 Å². The normalized spacial score (nSPS) is 13.4. The minimum Gasteiger partial charge on any atom is -0.325 e. The smallest absolute Gasteiger partial charge is 0.236 e. The van der Waals surface area contributed by atoms with Gasteiger partial charge in [0.15, 0.2) is 5.82 Å². The van der Waals surface area contributed by atoms with Crippen molar-refractivity contribution >= 4 is 11.6 Å². The highest BCUT2D eigenvalue weighted by Crippen LogP contribution is 2.28. The van der Waals surface area contributed by atoms with Crippen LogP contribution in [0.3, 0.4) is 0 Å². The predicted octanol–water partition coefficient (Wildman–Crippen LogP) is 5.44. The van der Waals surface area contributed by atoms with Crippen LogP contribution >= 0.6 is 0 Å². The highest BCUT2D eigenvalue weighted by Gasteiger charge is 2.23. The lowest BCUT2D eigenvalue weighted by Gasteiger charge is -2.18. The van der Waals surface area contributed by atoms with Crippen LogP contribution in [-0.2, 0) is 17.8 Å². The average molecular weight is 423 g/mol. The van der Waals surface area contributed by atoms with Gasteiger partial charge in [-0.1, -0.05) is 79.2 Å². The Balaban J connectivity index is 1.44. The van der Waals surface area contributed by atoms with Crippen molar-refractivity contribution in [2.75, 3.05) is 5.32 Å². The summed E-state index contributed by atoms with van der Waals surface area (Å²) in [6.07, 6.45) is 4.50. The van der Waals surface area contributed by atoms with E-state index >= 15 is 0 Å². The fourth-order valence-electron chi connectivity index (χ4n) is 4.44. The number of nitrogens with one attached hydrogen (secondary N) is 1. The fourth-order valence-corrected chi connectivity index (χ4v) is 4.44. The van der Waals surface area contributed by atoms with Gasteiger partial charge in [0.2, 0.25) is 5.91 Å². The Labute approximate surface area is 188 Å². The van der Waals surface area contributed by atoms with Crippen molar-refractivity contribution < 1.29 is 4.79 Å². The summed E-state index contributed by atoms with van der Waals surface area (Å²) in [5.74, 6) is 1.49. The number of carbonyl (C=O) groups excluding carboxylic acids is 1. The first-order valence-electron chi connectivity index (χ1n) is 11.2. The number of anilines is 1. The first kappa shape index (κ1) is 20.2. The van der Waals surface area contributed by atoms with E-state index < -0.39 is 0 Å². The molecule has 1 N–H and O–H groups in total. The third-order valence-electron chi connectivity index (χ3n) is 6.03. The quantitative estimate of drug-likeness (QED) is 0.466. The molecule has 1 amide bonds. The molecular weight excluding hydrogens is 396 g/mol. The van der Waals surface area contributed by atoms with Crippen LogP contribution in [-0.4, -0.2) is 20.7 Å². The lowest BCUT2D eigenvalue weighted by molar-refractivity contribution is -0.116. The first-order chi connectivity index (χ1) is 15.8. The molecule has 3 aromatic carbocycles. The number of aromatic nitrogens is 3. The van der Waals surface area contributed by atoms with E-state index in [4.69, 9.17) is 0 Å². The number of fused-ring (bicyclic) bond motifs is 1. The van der Waals surface area contributed by atoms with Crippen molar-refractivity contribution in [1.29, 1.82) is 0 Å². The molecule has 5 nitrogen and oxygen atoms in total. The minimum absolute atomic E-state index is 0.0559. The van der Waals surface area contributed by atoms with Crippen LogP contribution in [0.1, 0.15) is 42.1 Å². The van der Waals surface area contributed by atoms with E-state index in [0.29, 0.717) is 0 Å². The summed E-state index contributed by atoms with van der Waals surface area (Å²) in [5.41, 5.74) is 3.67. The molecule has 0 spiro atoms. The standard InChI is InChI=1S/C27H26N4O/c32-27(25(20-11-4-1-5-12-20)21-13-6-2-7-14-21)28-23-16-10-15-22(19-23)26-30-29-24-17-8-3-9-18-31(24)26/h1-2,4-7,10-16,19,25H,3,8-9,17-18H2,(H,28,32). The lowest BCUT2D eigenvalue weighted by Crippen LogP contribution is -2.22. The first-order valence-corrected chi connectivity index (χ1v) is 11.2. The molecule has 5 heteroatoms. The van der Waals surface area contributed by atoms with E-state index in [1.165, 1.54) is 6.42 Å². The Hall–Kier alpha value is -3.73. The van der Waals surface area contributed by atoms with Crippen LogP contribution in [0.4, 0.5) is 5.69 Å². The molecule has 1 aromatic heterocycles. The number of hydrogen-bond donors (Lipinski definition) is 1. The van der Waals surface area contributed by atoms with Gasteiger partial charge in [-0.25, -0.2) is 0 Å². The van der Waals surface area contributed by atoms with Crippen molar-refractivity contribution in [3.63, 3.8) is 0 Å². The monoisotopic (exact) mass is 422 g/mol. The van der Waals surface area contributed by atoms with Gasteiger partial charge >= 0.3 is 0 Å². The largest absolute Gasteiger partial charge is 0.325 e. The van der Waals surface area contributed by atoms with Crippen molar-refractivity contribution in [2.24, 2.45) is 0 Å².